The van der Waals surface area contributed by atoms with Crippen LogP contribution in [0.4, 0.5) is 5.69 Å². The van der Waals surface area contributed by atoms with Crippen molar-refractivity contribution in [2.45, 2.75) is 18.9 Å². The van der Waals surface area contributed by atoms with Gasteiger partial charge in [-0.3, -0.25) is 0 Å². The van der Waals surface area contributed by atoms with Gasteiger partial charge in [0.1, 0.15) is 0 Å². The van der Waals surface area contributed by atoms with Crippen molar-refractivity contribution in [1.29, 1.82) is 0 Å². The third-order valence-electron chi connectivity index (χ3n) is 3.98. The molecule has 3 rings (SSSR count). The number of anilines is 1. The van der Waals surface area contributed by atoms with Gasteiger partial charge in [0.2, 0.25) is 5.88 Å². The molecule has 2 aromatic rings. The van der Waals surface area contributed by atoms with Crippen molar-refractivity contribution in [2.75, 3.05) is 32.6 Å². The van der Waals surface area contributed by atoms with Crippen LogP contribution in [0.5, 0.6) is 5.88 Å². The molecule has 106 valence electrons. The fourth-order valence-electron chi connectivity index (χ4n) is 2.75. The van der Waals surface area contributed by atoms with E-state index >= 15 is 0 Å². The van der Waals surface area contributed by atoms with Crippen molar-refractivity contribution in [3.63, 3.8) is 0 Å². The third kappa shape index (κ3) is 2.70. The van der Waals surface area contributed by atoms with E-state index in [0.717, 1.165) is 29.7 Å². The summed E-state index contributed by atoms with van der Waals surface area (Å²) in [4.78, 5) is 6.87. The van der Waals surface area contributed by atoms with E-state index in [0.29, 0.717) is 11.9 Å². The van der Waals surface area contributed by atoms with Crippen LogP contribution in [0.1, 0.15) is 12.8 Å². The van der Waals surface area contributed by atoms with Crippen molar-refractivity contribution in [3.8, 4) is 5.88 Å². The summed E-state index contributed by atoms with van der Waals surface area (Å²) in [5, 5.41) is 4.83. The van der Waals surface area contributed by atoms with E-state index in [1.807, 2.05) is 18.2 Å². The van der Waals surface area contributed by atoms with Crippen LogP contribution in [-0.2, 0) is 0 Å². The smallest absolute Gasteiger partial charge is 0.215 e. The Kier molecular flexibility index (Phi) is 3.74. The van der Waals surface area contributed by atoms with Crippen LogP contribution in [0.3, 0.4) is 0 Å². The molecule has 1 fully saturated rings. The number of benzene rings is 1. The lowest BCUT2D eigenvalue weighted by Gasteiger charge is -2.30. The summed E-state index contributed by atoms with van der Waals surface area (Å²) >= 11 is 0. The predicted molar refractivity (Wildman–Crippen MR) is 82.4 cm³/mol. The number of methoxy groups -OCH3 is 1. The minimum absolute atomic E-state index is 0.529. The molecule has 1 N–H and O–H groups in total. The van der Waals surface area contributed by atoms with Crippen LogP contribution in [0, 0.1) is 0 Å². The maximum absolute atomic E-state index is 5.31. The second-order valence-corrected chi connectivity index (χ2v) is 5.45. The molecular weight excluding hydrogens is 250 g/mol. The number of para-hydroxylation sites is 1. The van der Waals surface area contributed by atoms with Gasteiger partial charge >= 0.3 is 0 Å². The van der Waals surface area contributed by atoms with Crippen LogP contribution < -0.4 is 10.1 Å². The van der Waals surface area contributed by atoms with Gasteiger partial charge in [-0.15, -0.1) is 0 Å². The van der Waals surface area contributed by atoms with Crippen molar-refractivity contribution in [1.82, 2.24) is 9.88 Å². The topological polar surface area (TPSA) is 37.4 Å². The van der Waals surface area contributed by atoms with E-state index in [9.17, 15) is 0 Å². The fourth-order valence-corrected chi connectivity index (χ4v) is 2.75. The Morgan fingerprint density at radius 3 is 2.75 bits per heavy atom. The van der Waals surface area contributed by atoms with Gasteiger partial charge in [-0.1, -0.05) is 18.2 Å². The van der Waals surface area contributed by atoms with E-state index in [1.165, 1.54) is 12.8 Å². The van der Waals surface area contributed by atoms with Crippen LogP contribution in [0.15, 0.2) is 30.3 Å². The molecular formula is C16H21N3O. The predicted octanol–water partition coefficient (Wildman–Crippen LogP) is 2.75. The van der Waals surface area contributed by atoms with E-state index in [1.54, 1.807) is 7.11 Å². The molecule has 1 aliphatic rings. The normalized spacial score (nSPS) is 17.3. The first-order chi connectivity index (χ1) is 9.76. The Morgan fingerprint density at radius 2 is 2.00 bits per heavy atom. The van der Waals surface area contributed by atoms with Crippen molar-refractivity contribution in [2.24, 2.45) is 0 Å². The molecule has 4 nitrogen and oxygen atoms in total. The number of ether oxygens (including phenoxy) is 1. The molecule has 0 saturated carbocycles. The third-order valence-corrected chi connectivity index (χ3v) is 3.98. The van der Waals surface area contributed by atoms with E-state index < -0.39 is 0 Å². The summed E-state index contributed by atoms with van der Waals surface area (Å²) in [5.41, 5.74) is 2.10. The maximum atomic E-state index is 5.31. The summed E-state index contributed by atoms with van der Waals surface area (Å²) in [6.45, 7) is 2.30. The first kappa shape index (κ1) is 13.2. The second kappa shape index (κ2) is 5.67. The van der Waals surface area contributed by atoms with Crippen molar-refractivity contribution >= 4 is 16.6 Å². The zero-order chi connectivity index (χ0) is 13.9. The summed E-state index contributed by atoms with van der Waals surface area (Å²) in [7, 11) is 3.84. The number of hydrogen-bond donors (Lipinski definition) is 1. The van der Waals surface area contributed by atoms with Gasteiger partial charge in [0.25, 0.3) is 0 Å². The first-order valence-corrected chi connectivity index (χ1v) is 7.15. The number of nitrogens with zero attached hydrogens (tertiary/aromatic N) is 2. The quantitative estimate of drug-likeness (QED) is 0.931. The SMILES string of the molecule is COc1cc(NC2CCN(C)CC2)c2ccccc2n1. The van der Waals surface area contributed by atoms with Gasteiger partial charge in [0, 0.05) is 23.2 Å². The molecule has 0 spiro atoms. The lowest BCUT2D eigenvalue weighted by atomic mass is 10.0. The summed E-state index contributed by atoms with van der Waals surface area (Å²) < 4.78 is 5.31. The number of fused-ring (bicyclic) bond motifs is 1. The largest absolute Gasteiger partial charge is 0.481 e. The Hall–Kier alpha value is -1.81. The van der Waals surface area contributed by atoms with Gasteiger partial charge in [-0.25, -0.2) is 4.98 Å². The molecule has 0 radical (unpaired) electrons. The minimum Gasteiger partial charge on any atom is -0.481 e. The Bertz CT molecular complexity index is 591. The number of pyridine rings is 1. The average molecular weight is 271 g/mol. The fraction of sp³-hybridized carbons (Fsp3) is 0.438. The lowest BCUT2D eigenvalue weighted by molar-refractivity contribution is 0.264. The molecule has 0 atom stereocenters. The van der Waals surface area contributed by atoms with Gasteiger partial charge in [0.05, 0.1) is 12.6 Å². The molecule has 0 aliphatic carbocycles. The Balaban J connectivity index is 1.89. The molecule has 4 heteroatoms. The number of likely N-dealkylation sites (tertiary alicyclic amines) is 1. The summed E-state index contributed by atoms with van der Waals surface area (Å²) in [6, 6.07) is 10.7. The second-order valence-electron chi connectivity index (χ2n) is 5.45. The van der Waals surface area contributed by atoms with Gasteiger partial charge in [0.15, 0.2) is 0 Å². The summed E-state index contributed by atoms with van der Waals surface area (Å²) in [6.07, 6.45) is 2.35. The Morgan fingerprint density at radius 1 is 1.25 bits per heavy atom. The molecule has 20 heavy (non-hydrogen) atoms. The number of hydrogen-bond acceptors (Lipinski definition) is 4. The number of aromatic nitrogens is 1. The number of rotatable bonds is 3. The lowest BCUT2D eigenvalue weighted by Crippen LogP contribution is -2.36. The number of nitrogens with one attached hydrogen (secondary N) is 1. The molecule has 1 aromatic heterocycles. The Labute approximate surface area is 119 Å². The van der Waals surface area contributed by atoms with E-state index in [4.69, 9.17) is 4.74 Å². The number of piperidine rings is 1. The first-order valence-electron chi connectivity index (χ1n) is 7.15. The van der Waals surface area contributed by atoms with Crippen LogP contribution in [0.2, 0.25) is 0 Å². The van der Waals surface area contributed by atoms with Gasteiger partial charge < -0.3 is 15.0 Å². The highest BCUT2D eigenvalue weighted by Gasteiger charge is 2.17. The standard InChI is InChI=1S/C16H21N3O/c1-19-9-7-12(8-10-19)17-15-11-16(20-2)18-14-6-4-3-5-13(14)15/h3-6,11-12H,7-10H2,1-2H3,(H,17,18). The zero-order valence-corrected chi connectivity index (χ0v) is 12.1. The molecule has 1 saturated heterocycles. The van der Waals surface area contributed by atoms with Crippen LogP contribution >= 0.6 is 0 Å². The molecule has 0 amide bonds. The van der Waals surface area contributed by atoms with Crippen molar-refractivity contribution < 1.29 is 4.74 Å². The zero-order valence-electron chi connectivity index (χ0n) is 12.1. The highest BCUT2D eigenvalue weighted by atomic mass is 16.5. The monoisotopic (exact) mass is 271 g/mol. The van der Waals surface area contributed by atoms with Crippen LogP contribution in [-0.4, -0.2) is 43.2 Å². The van der Waals surface area contributed by atoms with Gasteiger partial charge in [-0.2, -0.15) is 0 Å². The molecule has 1 aliphatic heterocycles. The van der Waals surface area contributed by atoms with Crippen LogP contribution in [0.25, 0.3) is 10.9 Å². The summed E-state index contributed by atoms with van der Waals surface area (Å²) in [5.74, 6) is 0.666. The molecule has 2 heterocycles. The minimum atomic E-state index is 0.529. The molecule has 1 aromatic carbocycles. The maximum Gasteiger partial charge on any atom is 0.215 e. The van der Waals surface area contributed by atoms with Crippen molar-refractivity contribution in [3.05, 3.63) is 30.3 Å². The van der Waals surface area contributed by atoms with E-state index in [2.05, 4.69) is 34.4 Å². The molecule has 0 bridgehead atoms. The average Bonchev–Trinajstić information content (AvgIpc) is 2.49. The van der Waals surface area contributed by atoms with E-state index in [-0.39, 0.29) is 0 Å². The molecule has 0 unspecified atom stereocenters. The highest BCUT2D eigenvalue weighted by molar-refractivity contribution is 5.92. The highest BCUT2D eigenvalue weighted by Crippen LogP contribution is 2.28. The van der Waals surface area contributed by atoms with Gasteiger partial charge in [-0.05, 0) is 39.0 Å².